The van der Waals surface area contributed by atoms with Gasteiger partial charge in [-0.3, -0.25) is 0 Å². The lowest BCUT2D eigenvalue weighted by Crippen LogP contribution is -2.63. The standard InChI is InChI=1S/C11H22N2O2/c1-7(2)12-10(14)13-8-6-9(15-5)11(8,3)4/h7-9H,6H2,1-5H3,(H2,12,13,14). The molecule has 1 fully saturated rings. The van der Waals surface area contributed by atoms with Crippen molar-refractivity contribution in [1.29, 1.82) is 0 Å². The average molecular weight is 214 g/mol. The molecule has 0 aromatic carbocycles. The molecule has 0 spiro atoms. The van der Waals surface area contributed by atoms with Crippen LogP contribution in [0, 0.1) is 5.41 Å². The van der Waals surface area contributed by atoms with Crippen molar-refractivity contribution in [2.24, 2.45) is 5.41 Å². The highest BCUT2D eigenvalue weighted by atomic mass is 16.5. The van der Waals surface area contributed by atoms with Gasteiger partial charge < -0.3 is 15.4 Å². The van der Waals surface area contributed by atoms with Crippen LogP contribution < -0.4 is 10.6 Å². The molecule has 0 radical (unpaired) electrons. The van der Waals surface area contributed by atoms with Crippen LogP contribution in [-0.2, 0) is 4.74 Å². The summed E-state index contributed by atoms with van der Waals surface area (Å²) in [5, 5.41) is 5.79. The van der Waals surface area contributed by atoms with Crippen molar-refractivity contribution >= 4 is 6.03 Å². The number of ether oxygens (including phenoxy) is 1. The molecule has 0 bridgehead atoms. The van der Waals surface area contributed by atoms with Crippen molar-refractivity contribution in [3.63, 3.8) is 0 Å². The quantitative estimate of drug-likeness (QED) is 0.748. The number of carbonyl (C=O) groups is 1. The number of urea groups is 1. The average Bonchev–Trinajstić information content (AvgIpc) is 2.10. The first-order valence-electron chi connectivity index (χ1n) is 5.47. The smallest absolute Gasteiger partial charge is 0.315 e. The largest absolute Gasteiger partial charge is 0.381 e. The number of methoxy groups -OCH3 is 1. The van der Waals surface area contributed by atoms with Crippen molar-refractivity contribution < 1.29 is 9.53 Å². The van der Waals surface area contributed by atoms with Gasteiger partial charge in [-0.25, -0.2) is 4.79 Å². The summed E-state index contributed by atoms with van der Waals surface area (Å²) < 4.78 is 5.32. The summed E-state index contributed by atoms with van der Waals surface area (Å²) in [6.45, 7) is 8.13. The molecular weight excluding hydrogens is 192 g/mol. The first-order chi connectivity index (χ1) is 6.87. The van der Waals surface area contributed by atoms with E-state index in [1.807, 2.05) is 13.8 Å². The minimum Gasteiger partial charge on any atom is -0.381 e. The number of nitrogens with one attached hydrogen (secondary N) is 2. The third-order valence-electron chi connectivity index (χ3n) is 3.19. The molecule has 2 atom stereocenters. The Labute approximate surface area is 91.8 Å². The summed E-state index contributed by atoms with van der Waals surface area (Å²) in [5.74, 6) is 0. The molecule has 15 heavy (non-hydrogen) atoms. The van der Waals surface area contributed by atoms with Gasteiger partial charge in [0, 0.05) is 24.6 Å². The molecule has 2 N–H and O–H groups in total. The van der Waals surface area contributed by atoms with Gasteiger partial charge in [-0.15, -0.1) is 0 Å². The second-order valence-electron chi connectivity index (χ2n) is 5.11. The van der Waals surface area contributed by atoms with E-state index in [1.165, 1.54) is 0 Å². The highest BCUT2D eigenvalue weighted by Crippen LogP contribution is 2.42. The number of hydrogen-bond acceptors (Lipinski definition) is 2. The lowest BCUT2D eigenvalue weighted by molar-refractivity contribution is -0.0935. The van der Waals surface area contributed by atoms with Gasteiger partial charge in [0.15, 0.2) is 0 Å². The Bertz CT molecular complexity index is 239. The van der Waals surface area contributed by atoms with Crippen molar-refractivity contribution in [3.05, 3.63) is 0 Å². The van der Waals surface area contributed by atoms with E-state index in [9.17, 15) is 4.79 Å². The molecule has 2 unspecified atom stereocenters. The summed E-state index contributed by atoms with van der Waals surface area (Å²) in [4.78, 5) is 11.5. The zero-order chi connectivity index (χ0) is 11.6. The van der Waals surface area contributed by atoms with Crippen molar-refractivity contribution in [2.45, 2.75) is 52.3 Å². The number of hydrogen-bond donors (Lipinski definition) is 2. The molecule has 4 nitrogen and oxygen atoms in total. The topological polar surface area (TPSA) is 50.4 Å². The van der Waals surface area contributed by atoms with Crippen LogP contribution in [0.25, 0.3) is 0 Å². The fourth-order valence-corrected chi connectivity index (χ4v) is 1.99. The molecule has 0 aliphatic heterocycles. The maximum absolute atomic E-state index is 11.5. The van der Waals surface area contributed by atoms with Gasteiger partial charge in [-0.1, -0.05) is 13.8 Å². The number of amides is 2. The summed E-state index contributed by atoms with van der Waals surface area (Å²) >= 11 is 0. The van der Waals surface area contributed by atoms with Gasteiger partial charge >= 0.3 is 6.03 Å². The normalized spacial score (nSPS) is 28.4. The Balaban J connectivity index is 2.39. The third-order valence-corrected chi connectivity index (χ3v) is 3.19. The summed E-state index contributed by atoms with van der Waals surface area (Å²) in [5.41, 5.74) is 0.0308. The van der Waals surface area contributed by atoms with Gasteiger partial charge in [-0.2, -0.15) is 0 Å². The van der Waals surface area contributed by atoms with Crippen LogP contribution in [-0.4, -0.2) is 31.3 Å². The fourth-order valence-electron chi connectivity index (χ4n) is 1.99. The van der Waals surface area contributed by atoms with Gasteiger partial charge in [-0.05, 0) is 20.3 Å². The van der Waals surface area contributed by atoms with Crippen LogP contribution in [0.15, 0.2) is 0 Å². The highest BCUT2D eigenvalue weighted by molar-refractivity contribution is 5.74. The van der Waals surface area contributed by atoms with Gasteiger partial charge in [0.05, 0.1) is 6.10 Å². The van der Waals surface area contributed by atoms with Crippen LogP contribution >= 0.6 is 0 Å². The second kappa shape index (κ2) is 4.39. The van der Waals surface area contributed by atoms with Crippen LogP contribution in [0.2, 0.25) is 0 Å². The molecule has 1 aliphatic carbocycles. The minimum absolute atomic E-state index is 0.0308. The molecule has 0 saturated heterocycles. The number of rotatable bonds is 3. The van der Waals surface area contributed by atoms with E-state index in [-0.39, 0.29) is 29.6 Å². The fraction of sp³-hybridized carbons (Fsp3) is 0.909. The molecule has 88 valence electrons. The van der Waals surface area contributed by atoms with Crippen molar-refractivity contribution in [2.75, 3.05) is 7.11 Å². The molecule has 0 aromatic rings. The zero-order valence-electron chi connectivity index (χ0n) is 10.3. The van der Waals surface area contributed by atoms with Gasteiger partial charge in [0.2, 0.25) is 0 Å². The lowest BCUT2D eigenvalue weighted by atomic mass is 9.64. The molecule has 4 heteroatoms. The Morgan fingerprint density at radius 2 is 2.07 bits per heavy atom. The molecule has 2 amide bonds. The number of carbonyl (C=O) groups excluding carboxylic acids is 1. The van der Waals surface area contributed by atoms with E-state index in [0.29, 0.717) is 0 Å². The third kappa shape index (κ3) is 2.62. The SMILES string of the molecule is COC1CC(NC(=O)NC(C)C)C1(C)C. The lowest BCUT2D eigenvalue weighted by Gasteiger charge is -2.51. The summed E-state index contributed by atoms with van der Waals surface area (Å²) in [7, 11) is 1.72. The van der Waals surface area contributed by atoms with E-state index in [4.69, 9.17) is 4.74 Å². The first-order valence-corrected chi connectivity index (χ1v) is 5.47. The monoisotopic (exact) mass is 214 g/mol. The van der Waals surface area contributed by atoms with E-state index >= 15 is 0 Å². The van der Waals surface area contributed by atoms with E-state index in [2.05, 4.69) is 24.5 Å². The van der Waals surface area contributed by atoms with Crippen LogP contribution in [0.5, 0.6) is 0 Å². The summed E-state index contributed by atoms with van der Waals surface area (Å²) in [6.07, 6.45) is 1.15. The Morgan fingerprint density at radius 3 is 2.47 bits per heavy atom. The van der Waals surface area contributed by atoms with Gasteiger partial charge in [0.25, 0.3) is 0 Å². The molecule has 1 aliphatic rings. The Morgan fingerprint density at radius 1 is 1.47 bits per heavy atom. The van der Waals surface area contributed by atoms with E-state index in [0.717, 1.165) is 6.42 Å². The maximum atomic E-state index is 11.5. The predicted octanol–water partition coefficient (Wildman–Crippen LogP) is 1.51. The van der Waals surface area contributed by atoms with Crippen LogP contribution in [0.1, 0.15) is 34.1 Å². The predicted molar refractivity (Wildman–Crippen MR) is 59.8 cm³/mol. The maximum Gasteiger partial charge on any atom is 0.315 e. The van der Waals surface area contributed by atoms with Crippen molar-refractivity contribution in [1.82, 2.24) is 10.6 Å². The Kier molecular flexibility index (Phi) is 3.60. The molecule has 0 aromatic heterocycles. The zero-order valence-corrected chi connectivity index (χ0v) is 10.3. The second-order valence-corrected chi connectivity index (χ2v) is 5.11. The molecule has 1 rings (SSSR count). The first kappa shape index (κ1) is 12.3. The molecule has 1 saturated carbocycles. The highest BCUT2D eigenvalue weighted by Gasteiger charge is 2.49. The van der Waals surface area contributed by atoms with E-state index in [1.54, 1.807) is 7.11 Å². The van der Waals surface area contributed by atoms with Crippen molar-refractivity contribution in [3.8, 4) is 0 Å². The summed E-state index contributed by atoms with van der Waals surface area (Å²) in [6, 6.07) is 0.297. The minimum atomic E-state index is -0.0855. The van der Waals surface area contributed by atoms with Gasteiger partial charge in [0.1, 0.15) is 0 Å². The van der Waals surface area contributed by atoms with Crippen LogP contribution in [0.3, 0.4) is 0 Å². The van der Waals surface area contributed by atoms with Crippen LogP contribution in [0.4, 0.5) is 4.79 Å². The Hall–Kier alpha value is -0.770. The molecule has 0 heterocycles. The molecular formula is C11H22N2O2. The van der Waals surface area contributed by atoms with E-state index < -0.39 is 0 Å².